The standard InChI is InChI=1S/C14H14FN5/c1-9-6-14(18-8-17-9)16-5-4-13-19-11-3-2-10(15)7-12(11)20-13/h2-3,6-8H,4-5H2,1H3,(H,19,20)(H,16,17,18). The molecule has 0 unspecified atom stereocenters. The molecule has 0 atom stereocenters. The number of hydrogen-bond acceptors (Lipinski definition) is 4. The van der Waals surface area contributed by atoms with Crippen molar-refractivity contribution in [2.45, 2.75) is 13.3 Å². The molecule has 1 aromatic carbocycles. The Balaban J connectivity index is 1.65. The summed E-state index contributed by atoms with van der Waals surface area (Å²) in [6.45, 7) is 2.61. The van der Waals surface area contributed by atoms with E-state index in [-0.39, 0.29) is 5.82 Å². The fraction of sp³-hybridized carbons (Fsp3) is 0.214. The van der Waals surface area contributed by atoms with E-state index in [4.69, 9.17) is 0 Å². The molecular formula is C14H14FN5. The lowest BCUT2D eigenvalue weighted by molar-refractivity contribution is 0.629. The Morgan fingerprint density at radius 1 is 1.25 bits per heavy atom. The third-order valence-electron chi connectivity index (χ3n) is 2.96. The van der Waals surface area contributed by atoms with Crippen molar-refractivity contribution < 1.29 is 4.39 Å². The fourth-order valence-electron chi connectivity index (χ4n) is 2.01. The average Bonchev–Trinajstić information content (AvgIpc) is 2.80. The van der Waals surface area contributed by atoms with Gasteiger partial charge in [-0.05, 0) is 25.1 Å². The minimum Gasteiger partial charge on any atom is -0.370 e. The number of halogens is 1. The lowest BCUT2D eigenvalue weighted by Gasteiger charge is -2.03. The molecule has 0 aliphatic carbocycles. The van der Waals surface area contributed by atoms with Gasteiger partial charge in [0.05, 0.1) is 11.0 Å². The highest BCUT2D eigenvalue weighted by Crippen LogP contribution is 2.13. The first-order valence-electron chi connectivity index (χ1n) is 6.37. The van der Waals surface area contributed by atoms with Gasteiger partial charge in [0, 0.05) is 24.7 Å². The number of fused-ring (bicyclic) bond motifs is 1. The maximum Gasteiger partial charge on any atom is 0.129 e. The summed E-state index contributed by atoms with van der Waals surface area (Å²) in [6, 6.07) is 6.42. The molecule has 5 nitrogen and oxygen atoms in total. The molecule has 2 N–H and O–H groups in total. The lowest BCUT2D eigenvalue weighted by atomic mass is 10.3. The molecule has 0 amide bonds. The van der Waals surface area contributed by atoms with Crippen LogP contribution in [0.5, 0.6) is 0 Å². The van der Waals surface area contributed by atoms with Crippen molar-refractivity contribution in [1.29, 1.82) is 0 Å². The number of nitrogens with one attached hydrogen (secondary N) is 2. The van der Waals surface area contributed by atoms with E-state index >= 15 is 0 Å². The van der Waals surface area contributed by atoms with Crippen LogP contribution in [0.4, 0.5) is 10.2 Å². The number of hydrogen-bond donors (Lipinski definition) is 2. The van der Waals surface area contributed by atoms with Crippen molar-refractivity contribution in [3.63, 3.8) is 0 Å². The van der Waals surface area contributed by atoms with Crippen LogP contribution in [0.15, 0.2) is 30.6 Å². The number of aryl methyl sites for hydroxylation is 1. The second-order valence-electron chi connectivity index (χ2n) is 4.57. The van der Waals surface area contributed by atoms with E-state index in [9.17, 15) is 4.39 Å². The molecule has 3 aromatic rings. The highest BCUT2D eigenvalue weighted by molar-refractivity contribution is 5.74. The first kappa shape index (κ1) is 12.5. The highest BCUT2D eigenvalue weighted by atomic mass is 19.1. The van der Waals surface area contributed by atoms with Crippen molar-refractivity contribution in [3.8, 4) is 0 Å². The van der Waals surface area contributed by atoms with Gasteiger partial charge in [-0.1, -0.05) is 0 Å². The quantitative estimate of drug-likeness (QED) is 0.765. The molecule has 0 bridgehead atoms. The molecule has 0 spiro atoms. The zero-order chi connectivity index (χ0) is 13.9. The van der Waals surface area contributed by atoms with Crippen LogP contribution in [0.1, 0.15) is 11.5 Å². The van der Waals surface area contributed by atoms with Crippen LogP contribution in [-0.2, 0) is 6.42 Å². The molecule has 0 aliphatic heterocycles. The number of aromatic amines is 1. The van der Waals surface area contributed by atoms with Crippen molar-refractivity contribution >= 4 is 16.9 Å². The van der Waals surface area contributed by atoms with Gasteiger partial charge in [-0.2, -0.15) is 0 Å². The number of rotatable bonds is 4. The zero-order valence-corrected chi connectivity index (χ0v) is 11.0. The summed E-state index contributed by atoms with van der Waals surface area (Å²) < 4.78 is 13.1. The highest BCUT2D eigenvalue weighted by Gasteiger charge is 2.04. The molecule has 0 saturated heterocycles. The zero-order valence-electron chi connectivity index (χ0n) is 11.0. The Morgan fingerprint density at radius 2 is 2.15 bits per heavy atom. The van der Waals surface area contributed by atoms with Gasteiger partial charge in [0.25, 0.3) is 0 Å². The van der Waals surface area contributed by atoms with Crippen molar-refractivity contribution in [3.05, 3.63) is 47.9 Å². The maximum atomic E-state index is 13.1. The Hall–Kier alpha value is -2.50. The Labute approximate surface area is 115 Å². The van der Waals surface area contributed by atoms with Gasteiger partial charge in [0.1, 0.15) is 23.8 Å². The topological polar surface area (TPSA) is 66.5 Å². The molecule has 0 saturated carbocycles. The average molecular weight is 271 g/mol. The van der Waals surface area contributed by atoms with E-state index < -0.39 is 0 Å². The molecule has 2 heterocycles. The van der Waals surface area contributed by atoms with Crippen molar-refractivity contribution in [1.82, 2.24) is 19.9 Å². The second-order valence-corrected chi connectivity index (χ2v) is 4.57. The summed E-state index contributed by atoms with van der Waals surface area (Å²) in [5.74, 6) is 1.35. The van der Waals surface area contributed by atoms with Crippen LogP contribution in [0, 0.1) is 12.7 Å². The van der Waals surface area contributed by atoms with Crippen LogP contribution >= 0.6 is 0 Å². The second kappa shape index (κ2) is 5.24. The van der Waals surface area contributed by atoms with Crippen LogP contribution < -0.4 is 5.32 Å². The minimum absolute atomic E-state index is 0.262. The van der Waals surface area contributed by atoms with E-state index in [2.05, 4.69) is 25.3 Å². The third kappa shape index (κ3) is 2.74. The predicted molar refractivity (Wildman–Crippen MR) is 75.0 cm³/mol. The van der Waals surface area contributed by atoms with Gasteiger partial charge < -0.3 is 10.3 Å². The smallest absolute Gasteiger partial charge is 0.129 e. The summed E-state index contributed by atoms with van der Waals surface area (Å²) in [5.41, 5.74) is 2.42. The van der Waals surface area contributed by atoms with E-state index in [1.807, 2.05) is 13.0 Å². The van der Waals surface area contributed by atoms with Crippen LogP contribution in [0.25, 0.3) is 11.0 Å². The molecule has 0 fully saturated rings. The fourth-order valence-corrected chi connectivity index (χ4v) is 2.01. The lowest BCUT2D eigenvalue weighted by Crippen LogP contribution is -2.07. The first-order valence-corrected chi connectivity index (χ1v) is 6.37. The molecule has 102 valence electrons. The molecule has 0 radical (unpaired) electrons. The predicted octanol–water partition coefficient (Wildman–Crippen LogP) is 2.46. The number of anilines is 1. The number of benzene rings is 1. The minimum atomic E-state index is -0.262. The van der Waals surface area contributed by atoms with E-state index in [1.165, 1.54) is 18.5 Å². The van der Waals surface area contributed by atoms with Gasteiger partial charge >= 0.3 is 0 Å². The number of aromatic nitrogens is 4. The number of imidazole rings is 1. The largest absolute Gasteiger partial charge is 0.370 e. The molecule has 0 aliphatic rings. The molecule has 2 aromatic heterocycles. The Bertz CT molecular complexity index is 737. The summed E-state index contributed by atoms with van der Waals surface area (Å²) in [6.07, 6.45) is 2.24. The van der Waals surface area contributed by atoms with Gasteiger partial charge in [-0.25, -0.2) is 19.3 Å². The molecule has 3 rings (SSSR count). The SMILES string of the molecule is Cc1cc(NCCc2nc3ccc(F)cc3[nH]2)ncn1. The van der Waals surface area contributed by atoms with Crippen LogP contribution in [0.3, 0.4) is 0 Å². The molecular weight excluding hydrogens is 257 g/mol. The number of H-pyrrole nitrogens is 1. The maximum absolute atomic E-state index is 13.1. The van der Waals surface area contributed by atoms with Crippen molar-refractivity contribution in [2.75, 3.05) is 11.9 Å². The summed E-state index contributed by atoms with van der Waals surface area (Å²) in [5, 5.41) is 3.20. The summed E-state index contributed by atoms with van der Waals surface area (Å²) in [7, 11) is 0. The Morgan fingerprint density at radius 3 is 3.00 bits per heavy atom. The van der Waals surface area contributed by atoms with Crippen LogP contribution in [-0.4, -0.2) is 26.5 Å². The molecule has 20 heavy (non-hydrogen) atoms. The van der Waals surface area contributed by atoms with Gasteiger partial charge in [0.2, 0.25) is 0 Å². The van der Waals surface area contributed by atoms with Crippen molar-refractivity contribution in [2.24, 2.45) is 0 Å². The molecule has 6 heteroatoms. The van der Waals surface area contributed by atoms with Crippen LogP contribution in [0.2, 0.25) is 0 Å². The van der Waals surface area contributed by atoms with Gasteiger partial charge in [-0.3, -0.25) is 0 Å². The first-order chi connectivity index (χ1) is 9.70. The van der Waals surface area contributed by atoms with Gasteiger partial charge in [-0.15, -0.1) is 0 Å². The summed E-state index contributed by atoms with van der Waals surface area (Å²) in [4.78, 5) is 15.7. The summed E-state index contributed by atoms with van der Waals surface area (Å²) >= 11 is 0. The number of nitrogens with zero attached hydrogens (tertiary/aromatic N) is 3. The van der Waals surface area contributed by atoms with Gasteiger partial charge in [0.15, 0.2) is 0 Å². The Kier molecular flexibility index (Phi) is 3.28. The van der Waals surface area contributed by atoms with E-state index in [1.54, 1.807) is 6.07 Å². The van der Waals surface area contributed by atoms with E-state index in [0.29, 0.717) is 13.0 Å². The van der Waals surface area contributed by atoms with E-state index in [0.717, 1.165) is 28.4 Å². The normalized spacial score (nSPS) is 10.9. The monoisotopic (exact) mass is 271 g/mol. The third-order valence-corrected chi connectivity index (χ3v) is 2.96.